The van der Waals surface area contributed by atoms with Gasteiger partial charge in [-0.3, -0.25) is 4.68 Å². The summed E-state index contributed by atoms with van der Waals surface area (Å²) in [5.74, 6) is 0. The van der Waals surface area contributed by atoms with Gasteiger partial charge in [0.1, 0.15) is 10.7 Å². The van der Waals surface area contributed by atoms with E-state index in [2.05, 4.69) is 34.4 Å². The Morgan fingerprint density at radius 3 is 3.06 bits per heavy atom. The summed E-state index contributed by atoms with van der Waals surface area (Å²) in [7, 11) is 0. The third kappa shape index (κ3) is 1.89. The standard InChI is InChI=1S/C12H13N5S/c1-8-3-2-4-10-11(8)14-12(18-10)9-7-17(6-5-13)16-15-9/h2-4,7H,5-6,13H2,1H3. The number of benzene rings is 1. The van der Waals surface area contributed by atoms with Gasteiger partial charge in [-0.25, -0.2) is 4.98 Å². The largest absolute Gasteiger partial charge is 0.329 e. The molecule has 0 fully saturated rings. The van der Waals surface area contributed by atoms with Gasteiger partial charge >= 0.3 is 0 Å². The molecule has 6 heteroatoms. The second-order valence-electron chi connectivity index (χ2n) is 4.10. The van der Waals surface area contributed by atoms with Crippen LogP contribution in [0.3, 0.4) is 0 Å². The van der Waals surface area contributed by atoms with Crippen molar-refractivity contribution >= 4 is 21.6 Å². The summed E-state index contributed by atoms with van der Waals surface area (Å²) in [5.41, 5.74) is 8.53. The molecule has 0 spiro atoms. The number of para-hydroxylation sites is 1. The molecule has 0 unspecified atom stereocenters. The highest BCUT2D eigenvalue weighted by Crippen LogP contribution is 2.30. The summed E-state index contributed by atoms with van der Waals surface area (Å²) in [5, 5.41) is 9.07. The fourth-order valence-corrected chi connectivity index (χ4v) is 2.83. The van der Waals surface area contributed by atoms with Crippen molar-refractivity contribution in [3.8, 4) is 10.7 Å². The molecule has 2 aromatic heterocycles. The maximum absolute atomic E-state index is 5.49. The van der Waals surface area contributed by atoms with E-state index in [1.54, 1.807) is 16.0 Å². The average molecular weight is 259 g/mol. The maximum Gasteiger partial charge on any atom is 0.146 e. The van der Waals surface area contributed by atoms with Crippen molar-refractivity contribution in [3.05, 3.63) is 30.0 Å². The van der Waals surface area contributed by atoms with Gasteiger partial charge < -0.3 is 5.73 Å². The number of hydrogen-bond acceptors (Lipinski definition) is 5. The zero-order chi connectivity index (χ0) is 12.5. The molecule has 5 nitrogen and oxygen atoms in total. The number of aromatic nitrogens is 4. The highest BCUT2D eigenvalue weighted by molar-refractivity contribution is 7.21. The lowest BCUT2D eigenvalue weighted by molar-refractivity contribution is 0.598. The molecule has 3 rings (SSSR count). The summed E-state index contributed by atoms with van der Waals surface area (Å²) in [6.45, 7) is 3.30. The van der Waals surface area contributed by atoms with E-state index >= 15 is 0 Å². The molecule has 92 valence electrons. The van der Waals surface area contributed by atoms with E-state index in [1.165, 1.54) is 10.3 Å². The van der Waals surface area contributed by atoms with E-state index in [9.17, 15) is 0 Å². The zero-order valence-corrected chi connectivity index (χ0v) is 10.8. The molecule has 0 aliphatic heterocycles. The summed E-state index contributed by atoms with van der Waals surface area (Å²) in [6, 6.07) is 6.19. The molecule has 18 heavy (non-hydrogen) atoms. The van der Waals surface area contributed by atoms with Gasteiger partial charge in [-0.15, -0.1) is 16.4 Å². The summed E-state index contributed by atoms with van der Waals surface area (Å²) in [6.07, 6.45) is 1.89. The van der Waals surface area contributed by atoms with E-state index in [0.29, 0.717) is 13.1 Å². The van der Waals surface area contributed by atoms with E-state index in [0.717, 1.165) is 16.2 Å². The Balaban J connectivity index is 2.05. The van der Waals surface area contributed by atoms with Crippen molar-refractivity contribution < 1.29 is 0 Å². The molecule has 0 bridgehead atoms. The first-order valence-corrected chi connectivity index (χ1v) is 6.56. The van der Waals surface area contributed by atoms with Crippen LogP contribution in [0.1, 0.15) is 5.56 Å². The van der Waals surface area contributed by atoms with Gasteiger partial charge in [0.05, 0.1) is 23.0 Å². The Morgan fingerprint density at radius 1 is 1.39 bits per heavy atom. The lowest BCUT2D eigenvalue weighted by Gasteiger charge is -1.92. The molecule has 0 atom stereocenters. The number of nitrogens with two attached hydrogens (primary N) is 1. The lowest BCUT2D eigenvalue weighted by Crippen LogP contribution is -2.10. The Morgan fingerprint density at radius 2 is 2.28 bits per heavy atom. The third-order valence-electron chi connectivity index (χ3n) is 2.74. The van der Waals surface area contributed by atoms with Crippen LogP contribution in [0.4, 0.5) is 0 Å². The summed E-state index contributed by atoms with van der Waals surface area (Å²) in [4.78, 5) is 4.63. The maximum atomic E-state index is 5.49. The number of rotatable bonds is 3. The molecule has 0 aliphatic carbocycles. The van der Waals surface area contributed by atoms with Gasteiger partial charge in [0, 0.05) is 6.54 Å². The van der Waals surface area contributed by atoms with Gasteiger partial charge in [-0.2, -0.15) is 0 Å². The van der Waals surface area contributed by atoms with Crippen molar-refractivity contribution in [1.82, 2.24) is 20.0 Å². The minimum Gasteiger partial charge on any atom is -0.329 e. The molecular formula is C12H13N5S. The molecule has 2 N–H and O–H groups in total. The smallest absolute Gasteiger partial charge is 0.146 e. The van der Waals surface area contributed by atoms with Gasteiger partial charge in [-0.05, 0) is 18.6 Å². The molecule has 0 radical (unpaired) electrons. The fourth-order valence-electron chi connectivity index (χ4n) is 1.83. The minimum atomic E-state index is 0.557. The summed E-state index contributed by atoms with van der Waals surface area (Å²) < 4.78 is 2.92. The van der Waals surface area contributed by atoms with Crippen LogP contribution in [0.15, 0.2) is 24.4 Å². The first kappa shape index (κ1) is 11.3. The summed E-state index contributed by atoms with van der Waals surface area (Å²) >= 11 is 1.64. The average Bonchev–Trinajstić information content (AvgIpc) is 2.96. The number of aryl methyl sites for hydroxylation is 1. The van der Waals surface area contributed by atoms with Crippen molar-refractivity contribution in [1.29, 1.82) is 0 Å². The Labute approximate surface area is 108 Å². The minimum absolute atomic E-state index is 0.557. The fraction of sp³-hybridized carbons (Fsp3) is 0.250. The van der Waals surface area contributed by atoms with Gasteiger partial charge in [0.15, 0.2) is 0 Å². The van der Waals surface area contributed by atoms with Crippen molar-refractivity contribution in [2.45, 2.75) is 13.5 Å². The highest BCUT2D eigenvalue weighted by Gasteiger charge is 2.10. The number of fused-ring (bicyclic) bond motifs is 1. The zero-order valence-electron chi connectivity index (χ0n) is 10.00. The Kier molecular flexibility index (Phi) is 2.81. The SMILES string of the molecule is Cc1cccc2sc(-c3cn(CCN)nn3)nc12. The predicted molar refractivity (Wildman–Crippen MR) is 72.4 cm³/mol. The first-order chi connectivity index (χ1) is 8.78. The monoisotopic (exact) mass is 259 g/mol. The molecule has 0 aliphatic rings. The first-order valence-electron chi connectivity index (χ1n) is 5.74. The van der Waals surface area contributed by atoms with Gasteiger partial charge in [0.25, 0.3) is 0 Å². The molecular weight excluding hydrogens is 246 g/mol. The van der Waals surface area contributed by atoms with Crippen LogP contribution in [0, 0.1) is 6.92 Å². The molecule has 3 aromatic rings. The van der Waals surface area contributed by atoms with Crippen LogP contribution in [0.5, 0.6) is 0 Å². The van der Waals surface area contributed by atoms with E-state index in [-0.39, 0.29) is 0 Å². The van der Waals surface area contributed by atoms with E-state index in [4.69, 9.17) is 5.73 Å². The van der Waals surface area contributed by atoms with Crippen LogP contribution in [0.25, 0.3) is 20.9 Å². The molecule has 0 saturated heterocycles. The number of nitrogens with zero attached hydrogens (tertiary/aromatic N) is 4. The van der Waals surface area contributed by atoms with Gasteiger partial charge in [-0.1, -0.05) is 17.3 Å². The van der Waals surface area contributed by atoms with Crippen LogP contribution < -0.4 is 5.73 Å². The lowest BCUT2D eigenvalue weighted by atomic mass is 10.2. The van der Waals surface area contributed by atoms with Crippen molar-refractivity contribution in [3.63, 3.8) is 0 Å². The molecule has 2 heterocycles. The van der Waals surface area contributed by atoms with Gasteiger partial charge in [0.2, 0.25) is 0 Å². The number of hydrogen-bond donors (Lipinski definition) is 1. The third-order valence-corrected chi connectivity index (χ3v) is 3.78. The van der Waals surface area contributed by atoms with E-state index < -0.39 is 0 Å². The highest BCUT2D eigenvalue weighted by atomic mass is 32.1. The predicted octanol–water partition coefficient (Wildman–Crippen LogP) is 1.82. The molecule has 0 saturated carbocycles. The van der Waals surface area contributed by atoms with Crippen molar-refractivity contribution in [2.75, 3.05) is 6.54 Å². The van der Waals surface area contributed by atoms with Crippen LogP contribution >= 0.6 is 11.3 Å². The second kappa shape index (κ2) is 4.47. The van der Waals surface area contributed by atoms with E-state index in [1.807, 2.05) is 12.3 Å². The van der Waals surface area contributed by atoms with Crippen molar-refractivity contribution in [2.24, 2.45) is 5.73 Å². The molecule has 0 amide bonds. The Bertz CT molecular complexity index is 685. The van der Waals surface area contributed by atoms with Crippen LogP contribution in [-0.2, 0) is 6.54 Å². The Hall–Kier alpha value is -1.79. The second-order valence-corrected chi connectivity index (χ2v) is 5.13. The van der Waals surface area contributed by atoms with Crippen LogP contribution in [-0.4, -0.2) is 26.5 Å². The number of thiazole rings is 1. The van der Waals surface area contributed by atoms with Crippen LogP contribution in [0.2, 0.25) is 0 Å². The topological polar surface area (TPSA) is 69.6 Å². The molecule has 1 aromatic carbocycles. The quantitative estimate of drug-likeness (QED) is 0.779. The normalized spacial score (nSPS) is 11.2.